The first kappa shape index (κ1) is 24.0. The zero-order valence-electron chi connectivity index (χ0n) is 18.8. The van der Waals surface area contributed by atoms with E-state index in [0.717, 1.165) is 38.3 Å². The van der Waals surface area contributed by atoms with Gasteiger partial charge in [0, 0.05) is 32.8 Å². The van der Waals surface area contributed by atoms with E-state index in [1.807, 2.05) is 48.5 Å². The van der Waals surface area contributed by atoms with Crippen LogP contribution in [0.5, 0.6) is 0 Å². The number of hydrogen-bond donors (Lipinski definition) is 1. The van der Waals surface area contributed by atoms with Gasteiger partial charge in [0.05, 0.1) is 11.4 Å². The lowest BCUT2D eigenvalue weighted by Gasteiger charge is -2.12. The fraction of sp³-hybridized carbons (Fsp3) is 0.0741. The zero-order valence-corrected chi connectivity index (χ0v) is 21.2. The summed E-state index contributed by atoms with van der Waals surface area (Å²) in [5.41, 5.74) is 2.89. The maximum atomic E-state index is 13.1. The van der Waals surface area contributed by atoms with Gasteiger partial charge < -0.3 is 9.88 Å². The number of para-hydroxylation sites is 1. The highest BCUT2D eigenvalue weighted by Gasteiger charge is 2.35. The fourth-order valence-corrected chi connectivity index (χ4v) is 5.05. The standard InChI is InChI=1S/C27H19BrFN3O3S/c28-19-7-5-17(6-8-19)14-32-26(34)24(36-27(32)35)13-18-15-31(23-4-2-1-3-22(18)23)16-25(33)30-21-11-9-20(29)10-12-21/h1-13,15H,14,16H2,(H,30,33)/b24-13-. The van der Waals surface area contributed by atoms with Gasteiger partial charge in [-0.15, -0.1) is 0 Å². The van der Waals surface area contributed by atoms with Crippen molar-refractivity contribution < 1.29 is 18.8 Å². The third kappa shape index (κ3) is 5.12. The van der Waals surface area contributed by atoms with Crippen molar-refractivity contribution >= 4 is 67.4 Å². The maximum Gasteiger partial charge on any atom is 0.293 e. The smallest absolute Gasteiger partial charge is 0.293 e. The molecule has 9 heteroatoms. The Morgan fingerprint density at radius 3 is 2.47 bits per heavy atom. The molecule has 0 bridgehead atoms. The summed E-state index contributed by atoms with van der Waals surface area (Å²) < 4.78 is 15.8. The molecule has 1 aromatic heterocycles. The van der Waals surface area contributed by atoms with Gasteiger partial charge in [0.2, 0.25) is 5.91 Å². The van der Waals surface area contributed by atoms with Gasteiger partial charge in [-0.25, -0.2) is 4.39 Å². The molecule has 3 amide bonds. The van der Waals surface area contributed by atoms with E-state index in [4.69, 9.17) is 0 Å². The Labute approximate surface area is 218 Å². The molecule has 0 aliphatic carbocycles. The number of hydrogen-bond acceptors (Lipinski definition) is 4. The molecule has 0 unspecified atom stereocenters. The second-order valence-electron chi connectivity index (χ2n) is 8.18. The molecule has 6 nitrogen and oxygen atoms in total. The van der Waals surface area contributed by atoms with Crippen LogP contribution in [0.15, 0.2) is 88.4 Å². The molecule has 2 heterocycles. The number of halogens is 2. The molecule has 5 rings (SSSR count). The van der Waals surface area contributed by atoms with Crippen molar-refractivity contribution in [1.82, 2.24) is 9.47 Å². The monoisotopic (exact) mass is 563 g/mol. The zero-order chi connectivity index (χ0) is 25.2. The van der Waals surface area contributed by atoms with Crippen LogP contribution in [0, 0.1) is 5.82 Å². The van der Waals surface area contributed by atoms with Crippen molar-refractivity contribution in [3.63, 3.8) is 0 Å². The minimum Gasteiger partial charge on any atom is -0.337 e. The number of nitrogens with one attached hydrogen (secondary N) is 1. The summed E-state index contributed by atoms with van der Waals surface area (Å²) >= 11 is 4.29. The summed E-state index contributed by atoms with van der Waals surface area (Å²) in [4.78, 5) is 39.9. The summed E-state index contributed by atoms with van der Waals surface area (Å²) in [6.45, 7) is 0.220. The van der Waals surface area contributed by atoms with Crippen molar-refractivity contribution in [2.75, 3.05) is 5.32 Å². The molecule has 36 heavy (non-hydrogen) atoms. The molecule has 0 radical (unpaired) electrons. The van der Waals surface area contributed by atoms with E-state index in [-0.39, 0.29) is 36.0 Å². The third-order valence-electron chi connectivity index (χ3n) is 5.68. The molecule has 0 saturated carbocycles. The van der Waals surface area contributed by atoms with Gasteiger partial charge in [-0.05, 0) is 65.9 Å². The van der Waals surface area contributed by atoms with Crippen LogP contribution in [0.3, 0.4) is 0 Å². The lowest BCUT2D eigenvalue weighted by atomic mass is 10.1. The number of carbonyl (C=O) groups is 3. The normalized spacial score (nSPS) is 14.7. The quantitative estimate of drug-likeness (QED) is 0.275. The Morgan fingerprint density at radius 1 is 1.00 bits per heavy atom. The molecule has 1 aliphatic rings. The molecule has 1 saturated heterocycles. The van der Waals surface area contributed by atoms with Gasteiger partial charge in [-0.1, -0.05) is 46.3 Å². The van der Waals surface area contributed by atoms with E-state index in [9.17, 15) is 18.8 Å². The number of anilines is 1. The molecular formula is C27H19BrFN3O3S. The predicted molar refractivity (Wildman–Crippen MR) is 143 cm³/mol. The average Bonchev–Trinajstić information content (AvgIpc) is 3.33. The van der Waals surface area contributed by atoms with Crippen molar-refractivity contribution in [1.29, 1.82) is 0 Å². The second-order valence-corrected chi connectivity index (χ2v) is 10.1. The molecule has 4 aromatic rings. The second kappa shape index (κ2) is 10.1. The molecule has 1 N–H and O–H groups in total. The number of carbonyl (C=O) groups excluding carboxylic acids is 3. The highest BCUT2D eigenvalue weighted by Crippen LogP contribution is 2.35. The van der Waals surface area contributed by atoms with Crippen molar-refractivity contribution in [3.8, 4) is 0 Å². The lowest BCUT2D eigenvalue weighted by molar-refractivity contribution is -0.123. The van der Waals surface area contributed by atoms with E-state index in [0.29, 0.717) is 10.6 Å². The summed E-state index contributed by atoms with van der Waals surface area (Å²) in [7, 11) is 0. The number of rotatable bonds is 6. The average molecular weight is 564 g/mol. The van der Waals surface area contributed by atoms with E-state index < -0.39 is 0 Å². The third-order valence-corrected chi connectivity index (χ3v) is 7.11. The number of thioether (sulfide) groups is 1. The molecular weight excluding hydrogens is 545 g/mol. The number of imide groups is 1. The summed E-state index contributed by atoms with van der Waals surface area (Å²) in [6, 6.07) is 20.5. The van der Waals surface area contributed by atoms with Gasteiger partial charge in [0.15, 0.2) is 0 Å². The first-order chi connectivity index (χ1) is 17.4. The minimum atomic E-state index is -0.379. The van der Waals surface area contributed by atoms with Gasteiger partial charge in [0.1, 0.15) is 12.4 Å². The van der Waals surface area contributed by atoms with Gasteiger partial charge in [-0.2, -0.15) is 0 Å². The molecule has 1 aliphatic heterocycles. The number of aromatic nitrogens is 1. The van der Waals surface area contributed by atoms with Crippen LogP contribution in [0.2, 0.25) is 0 Å². The van der Waals surface area contributed by atoms with E-state index in [2.05, 4.69) is 21.2 Å². The lowest BCUT2D eigenvalue weighted by Crippen LogP contribution is -2.27. The van der Waals surface area contributed by atoms with E-state index in [1.165, 1.54) is 29.2 Å². The van der Waals surface area contributed by atoms with Crippen LogP contribution < -0.4 is 5.32 Å². The van der Waals surface area contributed by atoms with E-state index >= 15 is 0 Å². The minimum absolute atomic E-state index is 0.0246. The molecule has 3 aromatic carbocycles. The SMILES string of the molecule is O=C(Cn1cc(/C=C2\SC(=O)N(Cc3ccc(Br)cc3)C2=O)c2ccccc21)Nc1ccc(F)cc1. The highest BCUT2D eigenvalue weighted by atomic mass is 79.9. The van der Waals surface area contributed by atoms with Crippen LogP contribution in [0.25, 0.3) is 17.0 Å². The van der Waals surface area contributed by atoms with E-state index in [1.54, 1.807) is 16.8 Å². The van der Waals surface area contributed by atoms with Crippen molar-refractivity contribution in [3.05, 3.63) is 105 Å². The van der Waals surface area contributed by atoms with Gasteiger partial charge in [0.25, 0.3) is 11.1 Å². The number of fused-ring (bicyclic) bond motifs is 1. The van der Waals surface area contributed by atoms with Gasteiger partial charge in [-0.3, -0.25) is 19.3 Å². The molecule has 1 fully saturated rings. The van der Waals surface area contributed by atoms with Crippen LogP contribution >= 0.6 is 27.7 Å². The van der Waals surface area contributed by atoms with Crippen LogP contribution in [-0.2, 0) is 22.7 Å². The topological polar surface area (TPSA) is 71.4 Å². The number of nitrogens with zero attached hydrogens (tertiary/aromatic N) is 2. The summed E-state index contributed by atoms with van der Waals surface area (Å²) in [5, 5.41) is 3.29. The van der Waals surface area contributed by atoms with Crippen LogP contribution in [0.4, 0.5) is 14.9 Å². The fourth-order valence-electron chi connectivity index (χ4n) is 3.96. The maximum absolute atomic E-state index is 13.1. The Balaban J connectivity index is 1.38. The van der Waals surface area contributed by atoms with Crippen molar-refractivity contribution in [2.45, 2.75) is 13.1 Å². The molecule has 0 atom stereocenters. The summed E-state index contributed by atoms with van der Waals surface area (Å²) in [5.74, 6) is -1.00. The predicted octanol–water partition coefficient (Wildman–Crippen LogP) is 6.42. The van der Waals surface area contributed by atoms with Crippen molar-refractivity contribution in [2.24, 2.45) is 0 Å². The molecule has 180 valence electrons. The largest absolute Gasteiger partial charge is 0.337 e. The van der Waals surface area contributed by atoms with Gasteiger partial charge >= 0.3 is 0 Å². The van der Waals surface area contributed by atoms with Crippen LogP contribution in [0.1, 0.15) is 11.1 Å². The Bertz CT molecular complexity index is 1510. The Morgan fingerprint density at radius 2 is 1.72 bits per heavy atom. The number of amides is 3. The molecule has 0 spiro atoms. The first-order valence-corrected chi connectivity index (χ1v) is 12.6. The van der Waals surface area contributed by atoms with Crippen LogP contribution in [-0.4, -0.2) is 26.5 Å². The summed E-state index contributed by atoms with van der Waals surface area (Å²) in [6.07, 6.45) is 3.49. The highest BCUT2D eigenvalue weighted by molar-refractivity contribution is 9.10. The first-order valence-electron chi connectivity index (χ1n) is 11.0. The Kier molecular flexibility index (Phi) is 6.75. The Hall–Kier alpha value is -3.69. The number of benzene rings is 3.